The highest BCUT2D eigenvalue weighted by Crippen LogP contribution is 2.20. The lowest BCUT2D eigenvalue weighted by atomic mass is 10.0. The number of hydrogen-bond acceptors (Lipinski definition) is 4. The Labute approximate surface area is 133 Å². The topological polar surface area (TPSA) is 89.3 Å². The maximum Gasteiger partial charge on any atom is 0.269 e. The molecule has 0 radical (unpaired) electrons. The maximum absolute atomic E-state index is 12.4. The van der Waals surface area contributed by atoms with Gasteiger partial charge in [-0.3, -0.25) is 19.7 Å². The monoisotopic (exact) mass is 312 g/mol. The van der Waals surface area contributed by atoms with Gasteiger partial charge in [0.15, 0.2) is 5.78 Å². The van der Waals surface area contributed by atoms with Crippen molar-refractivity contribution in [3.05, 3.63) is 75.3 Å². The fourth-order valence-corrected chi connectivity index (χ4v) is 2.25. The molecule has 0 aliphatic rings. The lowest BCUT2D eigenvalue weighted by Gasteiger charge is -2.15. The third-order valence-electron chi connectivity index (χ3n) is 3.48. The van der Waals surface area contributed by atoms with Gasteiger partial charge in [0.25, 0.3) is 11.6 Å². The minimum absolute atomic E-state index is 0.0345. The Morgan fingerprint density at radius 3 is 2.35 bits per heavy atom. The molecule has 0 saturated carbocycles. The Morgan fingerprint density at radius 1 is 1.09 bits per heavy atom. The molecule has 118 valence electrons. The average Bonchev–Trinajstić information content (AvgIpc) is 2.54. The molecule has 0 spiro atoms. The van der Waals surface area contributed by atoms with Crippen LogP contribution in [0.5, 0.6) is 0 Å². The number of nitro groups is 1. The molecule has 0 aliphatic carbocycles. The highest BCUT2D eigenvalue weighted by molar-refractivity contribution is 6.07. The molecule has 0 bridgehead atoms. The number of amides is 1. The number of carbonyl (C=O) groups is 2. The standard InChI is InChI=1S/C17H16N2O4/c1-11(13-6-5-7-14(10-13)19(22)23)18-17(21)16-9-4-3-8-15(16)12(2)20/h3-11H,1-2H3,(H,18,21)/t11-/m0/s1. The second kappa shape index (κ2) is 6.83. The summed E-state index contributed by atoms with van der Waals surface area (Å²) in [6.45, 7) is 3.13. The molecule has 6 heteroatoms. The van der Waals surface area contributed by atoms with E-state index >= 15 is 0 Å². The number of nitrogens with zero attached hydrogens (tertiary/aromatic N) is 1. The van der Waals surface area contributed by atoms with Crippen molar-refractivity contribution < 1.29 is 14.5 Å². The van der Waals surface area contributed by atoms with Crippen LogP contribution in [0.4, 0.5) is 5.69 Å². The van der Waals surface area contributed by atoms with Crippen LogP contribution in [-0.2, 0) is 0 Å². The predicted octanol–water partition coefficient (Wildman–Crippen LogP) is 3.29. The van der Waals surface area contributed by atoms with Crippen molar-refractivity contribution in [1.29, 1.82) is 0 Å². The van der Waals surface area contributed by atoms with E-state index < -0.39 is 16.9 Å². The van der Waals surface area contributed by atoms with Crippen LogP contribution in [-0.4, -0.2) is 16.6 Å². The highest BCUT2D eigenvalue weighted by atomic mass is 16.6. The molecule has 0 saturated heterocycles. The van der Waals surface area contributed by atoms with E-state index in [9.17, 15) is 19.7 Å². The number of hydrogen-bond donors (Lipinski definition) is 1. The summed E-state index contributed by atoms with van der Waals surface area (Å²) in [5.74, 6) is -0.589. The van der Waals surface area contributed by atoms with Crippen molar-refractivity contribution >= 4 is 17.4 Å². The van der Waals surface area contributed by atoms with Gasteiger partial charge < -0.3 is 5.32 Å². The van der Waals surface area contributed by atoms with Crippen molar-refractivity contribution in [2.24, 2.45) is 0 Å². The largest absolute Gasteiger partial charge is 0.345 e. The second-order valence-corrected chi connectivity index (χ2v) is 5.15. The van der Waals surface area contributed by atoms with E-state index in [4.69, 9.17) is 0 Å². The van der Waals surface area contributed by atoms with E-state index in [1.54, 1.807) is 43.3 Å². The zero-order valence-corrected chi connectivity index (χ0v) is 12.8. The third-order valence-corrected chi connectivity index (χ3v) is 3.48. The van der Waals surface area contributed by atoms with E-state index in [1.165, 1.54) is 19.1 Å². The van der Waals surface area contributed by atoms with Crippen LogP contribution < -0.4 is 5.32 Å². The van der Waals surface area contributed by atoms with Crippen molar-refractivity contribution in [1.82, 2.24) is 5.32 Å². The normalized spacial score (nSPS) is 11.6. The van der Waals surface area contributed by atoms with Gasteiger partial charge in [0.1, 0.15) is 0 Å². The van der Waals surface area contributed by atoms with Crippen LogP contribution in [0.2, 0.25) is 0 Å². The average molecular weight is 312 g/mol. The lowest BCUT2D eigenvalue weighted by Crippen LogP contribution is -2.28. The Morgan fingerprint density at radius 2 is 1.74 bits per heavy atom. The Balaban J connectivity index is 2.22. The number of ketones is 1. The minimum atomic E-state index is -0.483. The van der Waals surface area contributed by atoms with Crippen LogP contribution in [0, 0.1) is 10.1 Å². The second-order valence-electron chi connectivity index (χ2n) is 5.15. The Hall–Kier alpha value is -3.02. The Kier molecular flexibility index (Phi) is 4.85. The van der Waals surface area contributed by atoms with E-state index in [1.807, 2.05) is 0 Å². The van der Waals surface area contributed by atoms with Gasteiger partial charge in [-0.1, -0.05) is 30.3 Å². The molecule has 0 heterocycles. The molecule has 6 nitrogen and oxygen atoms in total. The summed E-state index contributed by atoms with van der Waals surface area (Å²) in [4.78, 5) is 34.3. The van der Waals surface area contributed by atoms with Crippen molar-refractivity contribution in [3.8, 4) is 0 Å². The van der Waals surface area contributed by atoms with Crippen molar-refractivity contribution in [2.45, 2.75) is 19.9 Å². The summed E-state index contributed by atoms with van der Waals surface area (Å²) in [6, 6.07) is 12.2. The fraction of sp³-hybridized carbons (Fsp3) is 0.176. The van der Waals surface area contributed by atoms with Crippen LogP contribution >= 0.6 is 0 Å². The highest BCUT2D eigenvalue weighted by Gasteiger charge is 2.17. The molecule has 2 aromatic carbocycles. The minimum Gasteiger partial charge on any atom is -0.345 e. The quantitative estimate of drug-likeness (QED) is 0.521. The van der Waals surface area contributed by atoms with Crippen molar-refractivity contribution in [3.63, 3.8) is 0 Å². The van der Waals surface area contributed by atoms with E-state index in [0.717, 1.165) is 0 Å². The number of carbonyl (C=O) groups excluding carboxylic acids is 2. The molecule has 1 amide bonds. The van der Waals surface area contributed by atoms with E-state index in [0.29, 0.717) is 11.1 Å². The molecule has 0 aliphatic heterocycles. The number of Topliss-reactive ketones (excluding diaryl/α,β-unsaturated/α-hetero) is 1. The number of nitro benzene ring substituents is 1. The van der Waals surface area contributed by atoms with Crippen LogP contribution in [0.25, 0.3) is 0 Å². The fourth-order valence-electron chi connectivity index (χ4n) is 2.25. The summed E-state index contributed by atoms with van der Waals surface area (Å²) >= 11 is 0. The molecular formula is C17H16N2O4. The van der Waals surface area contributed by atoms with Gasteiger partial charge in [0, 0.05) is 17.7 Å². The molecule has 2 rings (SSSR count). The number of rotatable bonds is 5. The van der Waals surface area contributed by atoms with Crippen LogP contribution in [0.1, 0.15) is 46.2 Å². The summed E-state index contributed by atoms with van der Waals surface area (Å²) in [7, 11) is 0. The first-order valence-electron chi connectivity index (χ1n) is 7.05. The van der Waals surface area contributed by atoms with Gasteiger partial charge >= 0.3 is 0 Å². The SMILES string of the molecule is CC(=O)c1ccccc1C(=O)N[C@@H](C)c1cccc([N+](=O)[O-])c1. The number of nitrogens with one attached hydrogen (secondary N) is 1. The summed E-state index contributed by atoms with van der Waals surface area (Å²) < 4.78 is 0. The molecule has 0 fully saturated rings. The summed E-state index contributed by atoms with van der Waals surface area (Å²) in [6.07, 6.45) is 0. The zero-order valence-electron chi connectivity index (χ0n) is 12.8. The first-order chi connectivity index (χ1) is 10.9. The first kappa shape index (κ1) is 16.4. The number of non-ortho nitro benzene ring substituents is 1. The summed E-state index contributed by atoms with van der Waals surface area (Å²) in [5, 5.41) is 13.6. The van der Waals surface area contributed by atoms with Crippen molar-refractivity contribution in [2.75, 3.05) is 0 Å². The smallest absolute Gasteiger partial charge is 0.269 e. The maximum atomic E-state index is 12.4. The van der Waals surface area contributed by atoms with Gasteiger partial charge in [0.05, 0.1) is 16.5 Å². The molecule has 2 aromatic rings. The lowest BCUT2D eigenvalue weighted by molar-refractivity contribution is -0.384. The van der Waals surface area contributed by atoms with Crippen LogP contribution in [0.3, 0.4) is 0 Å². The molecule has 1 atom stereocenters. The molecule has 1 N–H and O–H groups in total. The van der Waals surface area contributed by atoms with Gasteiger partial charge in [-0.2, -0.15) is 0 Å². The van der Waals surface area contributed by atoms with Gasteiger partial charge in [-0.15, -0.1) is 0 Å². The molecule has 23 heavy (non-hydrogen) atoms. The first-order valence-corrected chi connectivity index (χ1v) is 7.05. The Bertz CT molecular complexity index is 771. The summed E-state index contributed by atoms with van der Waals surface area (Å²) in [5.41, 5.74) is 1.22. The van der Waals surface area contributed by atoms with E-state index in [-0.39, 0.29) is 17.0 Å². The molecule has 0 unspecified atom stereocenters. The molecular weight excluding hydrogens is 296 g/mol. The van der Waals surface area contributed by atoms with Gasteiger partial charge in [0.2, 0.25) is 0 Å². The third kappa shape index (κ3) is 3.79. The molecule has 0 aromatic heterocycles. The van der Waals surface area contributed by atoms with Gasteiger partial charge in [-0.05, 0) is 25.5 Å². The van der Waals surface area contributed by atoms with Gasteiger partial charge in [-0.25, -0.2) is 0 Å². The van der Waals surface area contributed by atoms with E-state index in [2.05, 4.69) is 5.32 Å². The zero-order chi connectivity index (χ0) is 17.0. The predicted molar refractivity (Wildman–Crippen MR) is 85.4 cm³/mol. The number of benzene rings is 2. The van der Waals surface area contributed by atoms with Crippen LogP contribution in [0.15, 0.2) is 48.5 Å².